The lowest BCUT2D eigenvalue weighted by Gasteiger charge is -2.33. The third-order valence-corrected chi connectivity index (χ3v) is 3.57. The molecule has 1 saturated carbocycles. The van der Waals surface area contributed by atoms with Crippen molar-refractivity contribution in [1.82, 2.24) is 0 Å². The topological polar surface area (TPSA) is 35.2 Å². The van der Waals surface area contributed by atoms with Crippen molar-refractivity contribution in [2.24, 2.45) is 23.5 Å². The Bertz CT molecular complexity index is 158. The number of ether oxygens (including phenoxy) is 1. The first kappa shape index (κ1) is 8.52. The Hall–Kier alpha value is -0.0800. The van der Waals surface area contributed by atoms with E-state index in [0.717, 1.165) is 30.9 Å². The molecule has 0 aromatic rings. The van der Waals surface area contributed by atoms with E-state index in [1.165, 1.54) is 19.3 Å². The van der Waals surface area contributed by atoms with E-state index in [-0.39, 0.29) is 0 Å². The largest absolute Gasteiger partial charge is 0.378 e. The van der Waals surface area contributed by atoms with Crippen molar-refractivity contribution in [1.29, 1.82) is 0 Å². The Morgan fingerprint density at radius 2 is 2.25 bits per heavy atom. The molecule has 0 aromatic heterocycles. The van der Waals surface area contributed by atoms with Crippen molar-refractivity contribution in [2.45, 2.75) is 32.3 Å². The Morgan fingerprint density at radius 1 is 1.42 bits per heavy atom. The zero-order valence-electron chi connectivity index (χ0n) is 7.83. The summed E-state index contributed by atoms with van der Waals surface area (Å²) in [6, 6.07) is 0. The molecule has 2 rings (SSSR count). The standard InChI is InChI=1S/C10H19NO/c1-7-6-12-9-4-2-3-8(5-11)10(7)9/h7-10H,2-6,11H2,1H3/t7-,8-,9-,10+/m0/s1. The van der Waals surface area contributed by atoms with Gasteiger partial charge in [-0.15, -0.1) is 0 Å². The van der Waals surface area contributed by atoms with Crippen LogP contribution in [0.5, 0.6) is 0 Å². The van der Waals surface area contributed by atoms with Crippen LogP contribution in [0.4, 0.5) is 0 Å². The normalized spacial score (nSPS) is 47.5. The lowest BCUT2D eigenvalue weighted by atomic mass is 9.73. The minimum atomic E-state index is 0.544. The molecular weight excluding hydrogens is 150 g/mol. The van der Waals surface area contributed by atoms with Crippen LogP contribution in [-0.2, 0) is 4.74 Å². The summed E-state index contributed by atoms with van der Waals surface area (Å²) in [5, 5.41) is 0. The highest BCUT2D eigenvalue weighted by molar-refractivity contribution is 4.90. The average Bonchev–Trinajstić information content (AvgIpc) is 2.48. The SMILES string of the molecule is C[C@H]1CO[C@H]2CCC[C@@H](CN)[C@H]21. The van der Waals surface area contributed by atoms with Gasteiger partial charge in [-0.25, -0.2) is 0 Å². The fourth-order valence-corrected chi connectivity index (χ4v) is 2.96. The molecule has 0 spiro atoms. The third kappa shape index (κ3) is 1.27. The second-order valence-corrected chi connectivity index (χ2v) is 4.35. The van der Waals surface area contributed by atoms with Crippen LogP contribution in [0.15, 0.2) is 0 Å². The maximum atomic E-state index is 5.77. The van der Waals surface area contributed by atoms with E-state index >= 15 is 0 Å². The maximum Gasteiger partial charge on any atom is 0.0609 e. The quantitative estimate of drug-likeness (QED) is 0.644. The minimum absolute atomic E-state index is 0.544. The molecular formula is C10H19NO. The van der Waals surface area contributed by atoms with Gasteiger partial charge >= 0.3 is 0 Å². The van der Waals surface area contributed by atoms with E-state index in [4.69, 9.17) is 10.5 Å². The van der Waals surface area contributed by atoms with Crippen molar-refractivity contribution in [3.63, 3.8) is 0 Å². The molecule has 0 amide bonds. The van der Waals surface area contributed by atoms with Crippen LogP contribution in [0.1, 0.15) is 26.2 Å². The summed E-state index contributed by atoms with van der Waals surface area (Å²) in [6.07, 6.45) is 4.45. The number of hydrogen-bond donors (Lipinski definition) is 1. The van der Waals surface area contributed by atoms with Gasteiger partial charge in [-0.05, 0) is 37.1 Å². The monoisotopic (exact) mass is 169 g/mol. The number of fused-ring (bicyclic) bond motifs is 1. The first-order chi connectivity index (χ1) is 5.83. The number of nitrogens with two attached hydrogens (primary N) is 1. The van der Waals surface area contributed by atoms with Crippen molar-refractivity contribution in [3.8, 4) is 0 Å². The van der Waals surface area contributed by atoms with Gasteiger partial charge in [-0.3, -0.25) is 0 Å². The molecule has 4 atom stereocenters. The van der Waals surface area contributed by atoms with E-state index in [1.54, 1.807) is 0 Å². The summed E-state index contributed by atoms with van der Waals surface area (Å²) in [6.45, 7) is 4.12. The van der Waals surface area contributed by atoms with Crippen molar-refractivity contribution < 1.29 is 4.74 Å². The van der Waals surface area contributed by atoms with Crippen molar-refractivity contribution in [3.05, 3.63) is 0 Å². The highest BCUT2D eigenvalue weighted by Crippen LogP contribution is 2.41. The van der Waals surface area contributed by atoms with Gasteiger partial charge in [0.1, 0.15) is 0 Å². The third-order valence-electron chi connectivity index (χ3n) is 3.57. The van der Waals surface area contributed by atoms with Gasteiger partial charge in [0.05, 0.1) is 6.10 Å². The fraction of sp³-hybridized carbons (Fsp3) is 1.00. The van der Waals surface area contributed by atoms with E-state index < -0.39 is 0 Å². The van der Waals surface area contributed by atoms with Crippen LogP contribution in [0.2, 0.25) is 0 Å². The van der Waals surface area contributed by atoms with Crippen LogP contribution in [0, 0.1) is 17.8 Å². The number of hydrogen-bond acceptors (Lipinski definition) is 2. The molecule has 2 fully saturated rings. The lowest BCUT2D eigenvalue weighted by molar-refractivity contribution is 0.0451. The summed E-state index contributed by atoms with van der Waals surface area (Å²) in [7, 11) is 0. The molecule has 0 unspecified atom stereocenters. The molecule has 1 heterocycles. The van der Waals surface area contributed by atoms with Gasteiger partial charge < -0.3 is 10.5 Å². The summed E-state index contributed by atoms with van der Waals surface area (Å²) in [4.78, 5) is 0. The molecule has 2 aliphatic rings. The molecule has 1 aliphatic heterocycles. The van der Waals surface area contributed by atoms with Crippen molar-refractivity contribution >= 4 is 0 Å². The molecule has 0 radical (unpaired) electrons. The lowest BCUT2D eigenvalue weighted by Crippen LogP contribution is -2.36. The summed E-state index contributed by atoms with van der Waals surface area (Å²) >= 11 is 0. The second kappa shape index (κ2) is 3.35. The minimum Gasteiger partial charge on any atom is -0.378 e. The van der Waals surface area contributed by atoms with Gasteiger partial charge in [0.25, 0.3) is 0 Å². The Labute approximate surface area is 74.5 Å². The Morgan fingerprint density at radius 3 is 3.00 bits per heavy atom. The van der Waals surface area contributed by atoms with E-state index in [1.807, 2.05) is 0 Å². The second-order valence-electron chi connectivity index (χ2n) is 4.35. The van der Waals surface area contributed by atoms with Crippen LogP contribution >= 0.6 is 0 Å². The first-order valence-electron chi connectivity index (χ1n) is 5.14. The van der Waals surface area contributed by atoms with Gasteiger partial charge in [-0.2, -0.15) is 0 Å². The predicted octanol–water partition coefficient (Wildman–Crippen LogP) is 1.40. The molecule has 0 bridgehead atoms. The molecule has 1 aliphatic carbocycles. The molecule has 12 heavy (non-hydrogen) atoms. The van der Waals surface area contributed by atoms with Crippen LogP contribution < -0.4 is 5.73 Å². The Balaban J connectivity index is 2.07. The van der Waals surface area contributed by atoms with Gasteiger partial charge in [-0.1, -0.05) is 13.3 Å². The molecule has 1 saturated heterocycles. The maximum absolute atomic E-state index is 5.77. The highest BCUT2D eigenvalue weighted by Gasteiger charge is 2.41. The fourth-order valence-electron chi connectivity index (χ4n) is 2.96. The molecule has 0 aromatic carbocycles. The van der Waals surface area contributed by atoms with E-state index in [0.29, 0.717) is 6.10 Å². The van der Waals surface area contributed by atoms with Gasteiger partial charge in [0, 0.05) is 6.61 Å². The van der Waals surface area contributed by atoms with Gasteiger partial charge in [0.15, 0.2) is 0 Å². The zero-order valence-corrected chi connectivity index (χ0v) is 7.83. The summed E-state index contributed by atoms with van der Waals surface area (Å²) in [5.74, 6) is 2.24. The molecule has 2 heteroatoms. The van der Waals surface area contributed by atoms with E-state index in [9.17, 15) is 0 Å². The summed E-state index contributed by atoms with van der Waals surface area (Å²) < 4.78 is 5.75. The zero-order chi connectivity index (χ0) is 8.55. The highest BCUT2D eigenvalue weighted by atomic mass is 16.5. The Kier molecular flexibility index (Phi) is 2.37. The van der Waals surface area contributed by atoms with Gasteiger partial charge in [0.2, 0.25) is 0 Å². The molecule has 70 valence electrons. The van der Waals surface area contributed by atoms with Crippen LogP contribution in [0.3, 0.4) is 0 Å². The molecule has 2 nitrogen and oxygen atoms in total. The average molecular weight is 169 g/mol. The number of rotatable bonds is 1. The van der Waals surface area contributed by atoms with E-state index in [2.05, 4.69) is 6.92 Å². The van der Waals surface area contributed by atoms with Crippen LogP contribution in [0.25, 0.3) is 0 Å². The molecule has 2 N–H and O–H groups in total. The predicted molar refractivity (Wildman–Crippen MR) is 48.8 cm³/mol. The van der Waals surface area contributed by atoms with Crippen LogP contribution in [-0.4, -0.2) is 19.3 Å². The smallest absolute Gasteiger partial charge is 0.0609 e. The summed E-state index contributed by atoms with van der Waals surface area (Å²) in [5.41, 5.74) is 5.77. The van der Waals surface area contributed by atoms with Crippen molar-refractivity contribution in [2.75, 3.05) is 13.2 Å². The first-order valence-corrected chi connectivity index (χ1v) is 5.14.